The number of unbranched alkanes of at least 4 members (excludes halogenated alkanes) is 9. The van der Waals surface area contributed by atoms with E-state index in [1.165, 1.54) is 0 Å². The summed E-state index contributed by atoms with van der Waals surface area (Å²) in [6.07, 6.45) is 11.4. The number of carbonyl (C=O) groups excluding carboxylic acids is 1. The van der Waals surface area contributed by atoms with Crippen LogP contribution in [0.15, 0.2) is 0 Å². The summed E-state index contributed by atoms with van der Waals surface area (Å²) < 4.78 is 10.6. The van der Waals surface area contributed by atoms with Gasteiger partial charge in [0.15, 0.2) is 0 Å². The number of rotatable bonds is 18. The van der Waals surface area contributed by atoms with Crippen molar-refractivity contribution in [1.82, 2.24) is 4.90 Å². The van der Waals surface area contributed by atoms with E-state index in [4.69, 9.17) is 14.6 Å². The van der Waals surface area contributed by atoms with Crippen molar-refractivity contribution in [3.8, 4) is 0 Å². The Balaban J connectivity index is 4.23. The second kappa shape index (κ2) is 18.0. The Bertz CT molecular complexity index is 384. The zero-order valence-corrected chi connectivity index (χ0v) is 19.5. The molecule has 1 amide bonds. The molecule has 1 unspecified atom stereocenters. The third kappa shape index (κ3) is 18.9. The zero-order chi connectivity index (χ0) is 22.0. The highest BCUT2D eigenvalue weighted by atomic mass is 16.6. The van der Waals surface area contributed by atoms with Crippen molar-refractivity contribution >= 4 is 6.09 Å². The Morgan fingerprint density at radius 1 is 0.897 bits per heavy atom. The van der Waals surface area contributed by atoms with E-state index in [2.05, 4.69) is 0 Å². The molecule has 0 rings (SSSR count). The molecule has 0 spiro atoms. The molecule has 0 aliphatic rings. The minimum Gasteiger partial charge on any atom is -0.444 e. The molecule has 0 saturated carbocycles. The molecule has 0 aromatic rings. The van der Waals surface area contributed by atoms with Gasteiger partial charge < -0.3 is 24.6 Å². The molecule has 29 heavy (non-hydrogen) atoms. The van der Waals surface area contributed by atoms with E-state index in [0.29, 0.717) is 19.5 Å². The lowest BCUT2D eigenvalue weighted by atomic mass is 10.1. The molecule has 0 heterocycles. The van der Waals surface area contributed by atoms with Crippen molar-refractivity contribution in [3.05, 3.63) is 0 Å². The summed E-state index contributed by atoms with van der Waals surface area (Å²) in [6.45, 7) is 7.62. The fraction of sp³-hybridized carbons (Fsp3) is 0.957. The summed E-state index contributed by atoms with van der Waals surface area (Å²) in [4.78, 5) is 14.2. The second-order valence-electron chi connectivity index (χ2n) is 8.97. The number of nitrogens with zero attached hydrogens (tertiary/aromatic N) is 1. The van der Waals surface area contributed by atoms with Gasteiger partial charge in [-0.1, -0.05) is 51.4 Å². The summed E-state index contributed by atoms with van der Waals surface area (Å²) in [5.41, 5.74) is -0.535. The third-order valence-electron chi connectivity index (χ3n) is 4.80. The average Bonchev–Trinajstić information content (AvgIpc) is 2.64. The van der Waals surface area contributed by atoms with Gasteiger partial charge in [0, 0.05) is 33.4 Å². The number of methoxy groups -OCH3 is 1. The lowest BCUT2D eigenvalue weighted by molar-refractivity contribution is 0.0132. The van der Waals surface area contributed by atoms with Gasteiger partial charge in [0.2, 0.25) is 0 Å². The number of aliphatic hydroxyl groups is 2. The smallest absolute Gasteiger partial charge is 0.410 e. The maximum absolute atomic E-state index is 12.5. The summed E-state index contributed by atoms with van der Waals surface area (Å²) in [5.74, 6) is 0. The van der Waals surface area contributed by atoms with E-state index < -0.39 is 11.7 Å². The first-order valence-corrected chi connectivity index (χ1v) is 11.6. The molecule has 1 atom stereocenters. The monoisotopic (exact) mass is 417 g/mol. The van der Waals surface area contributed by atoms with Crippen LogP contribution >= 0.6 is 0 Å². The first-order chi connectivity index (χ1) is 13.8. The van der Waals surface area contributed by atoms with Gasteiger partial charge in [-0.15, -0.1) is 0 Å². The third-order valence-corrected chi connectivity index (χ3v) is 4.80. The largest absolute Gasteiger partial charge is 0.444 e. The Morgan fingerprint density at radius 3 is 2.03 bits per heavy atom. The number of aliphatic hydroxyl groups excluding tert-OH is 2. The highest BCUT2D eigenvalue weighted by molar-refractivity contribution is 5.68. The molecule has 6 heteroatoms. The average molecular weight is 418 g/mol. The van der Waals surface area contributed by atoms with Gasteiger partial charge in [0.25, 0.3) is 0 Å². The van der Waals surface area contributed by atoms with Crippen molar-refractivity contribution in [1.29, 1.82) is 0 Å². The molecule has 0 aliphatic heterocycles. The van der Waals surface area contributed by atoms with Crippen LogP contribution < -0.4 is 0 Å². The van der Waals surface area contributed by atoms with Gasteiger partial charge >= 0.3 is 6.09 Å². The lowest BCUT2D eigenvalue weighted by Gasteiger charge is -2.29. The van der Waals surface area contributed by atoms with Gasteiger partial charge in [-0.05, 0) is 46.5 Å². The molecule has 0 aliphatic carbocycles. The van der Waals surface area contributed by atoms with Gasteiger partial charge in [-0.25, -0.2) is 4.79 Å². The molecule has 174 valence electrons. The normalized spacial score (nSPS) is 12.8. The predicted molar refractivity (Wildman–Crippen MR) is 118 cm³/mol. The molecule has 0 aromatic heterocycles. The molecule has 6 nitrogen and oxygen atoms in total. The van der Waals surface area contributed by atoms with Crippen molar-refractivity contribution in [2.45, 2.75) is 110 Å². The van der Waals surface area contributed by atoms with E-state index in [1.807, 2.05) is 20.8 Å². The van der Waals surface area contributed by atoms with Crippen LogP contribution in [0.5, 0.6) is 0 Å². The van der Waals surface area contributed by atoms with Gasteiger partial charge in [-0.3, -0.25) is 0 Å². The van der Waals surface area contributed by atoms with Crippen molar-refractivity contribution in [3.63, 3.8) is 0 Å². The second-order valence-corrected chi connectivity index (χ2v) is 8.97. The Kier molecular flexibility index (Phi) is 17.4. The summed E-state index contributed by atoms with van der Waals surface area (Å²) in [7, 11) is 1.73. The first-order valence-electron chi connectivity index (χ1n) is 11.6. The van der Waals surface area contributed by atoms with Crippen LogP contribution in [0, 0.1) is 0 Å². The lowest BCUT2D eigenvalue weighted by Crippen LogP contribution is -2.41. The van der Waals surface area contributed by atoms with E-state index >= 15 is 0 Å². The number of hydrogen-bond donors (Lipinski definition) is 2. The predicted octanol–water partition coefficient (Wildman–Crippen LogP) is 4.90. The number of amides is 1. The molecular weight excluding hydrogens is 370 g/mol. The van der Waals surface area contributed by atoms with E-state index in [1.54, 1.807) is 12.0 Å². The van der Waals surface area contributed by atoms with Crippen molar-refractivity contribution in [2.75, 3.05) is 33.4 Å². The van der Waals surface area contributed by atoms with Crippen LogP contribution in [0.25, 0.3) is 0 Å². The van der Waals surface area contributed by atoms with E-state index in [-0.39, 0.29) is 12.7 Å². The molecule has 0 saturated heterocycles. The first kappa shape index (κ1) is 28.1. The Labute approximate surface area is 179 Å². The summed E-state index contributed by atoms with van der Waals surface area (Å²) >= 11 is 0. The van der Waals surface area contributed by atoms with E-state index in [9.17, 15) is 9.90 Å². The number of ether oxygens (including phenoxy) is 2. The van der Waals surface area contributed by atoms with Crippen LogP contribution in [0.3, 0.4) is 0 Å². The quantitative estimate of drug-likeness (QED) is 0.310. The van der Waals surface area contributed by atoms with Crippen LogP contribution in [0.1, 0.15) is 97.8 Å². The molecule has 0 radical (unpaired) electrons. The molecule has 2 N–H and O–H groups in total. The SMILES string of the molecule is COCCCCCCCC(O)CN(CCCCCCCCO)C(=O)OC(C)(C)C. The van der Waals surface area contributed by atoms with Crippen LogP contribution in [0.4, 0.5) is 4.79 Å². The highest BCUT2D eigenvalue weighted by Gasteiger charge is 2.23. The standard InChI is InChI=1S/C23H47NO5/c1-23(2,3)29-22(27)24(17-13-9-5-6-10-14-18-25)20-21(26)16-12-8-7-11-15-19-28-4/h21,25-26H,5-20H2,1-4H3. The van der Waals surface area contributed by atoms with Crippen molar-refractivity contribution in [2.24, 2.45) is 0 Å². The Morgan fingerprint density at radius 2 is 1.45 bits per heavy atom. The Hall–Kier alpha value is -0.850. The molecule has 0 fully saturated rings. The minimum atomic E-state index is -0.535. The highest BCUT2D eigenvalue weighted by Crippen LogP contribution is 2.14. The topological polar surface area (TPSA) is 79.2 Å². The maximum atomic E-state index is 12.5. The molecule has 0 aromatic carbocycles. The van der Waals surface area contributed by atoms with Gasteiger partial charge in [-0.2, -0.15) is 0 Å². The number of hydrogen-bond acceptors (Lipinski definition) is 5. The fourth-order valence-electron chi connectivity index (χ4n) is 3.21. The van der Waals surface area contributed by atoms with E-state index in [0.717, 1.165) is 77.2 Å². The zero-order valence-electron chi connectivity index (χ0n) is 19.5. The molecule has 0 bridgehead atoms. The fourth-order valence-corrected chi connectivity index (χ4v) is 3.21. The maximum Gasteiger partial charge on any atom is 0.410 e. The summed E-state index contributed by atoms with van der Waals surface area (Å²) in [5, 5.41) is 19.2. The van der Waals surface area contributed by atoms with Gasteiger partial charge in [0.05, 0.1) is 6.10 Å². The van der Waals surface area contributed by atoms with Crippen LogP contribution in [-0.2, 0) is 9.47 Å². The minimum absolute atomic E-state index is 0.261. The van der Waals surface area contributed by atoms with Crippen LogP contribution in [-0.4, -0.2) is 66.3 Å². The van der Waals surface area contributed by atoms with Crippen molar-refractivity contribution < 1.29 is 24.5 Å². The van der Waals surface area contributed by atoms with Gasteiger partial charge in [0.1, 0.15) is 5.60 Å². The molecular formula is C23H47NO5. The van der Waals surface area contributed by atoms with Crippen LogP contribution in [0.2, 0.25) is 0 Å². The summed E-state index contributed by atoms with van der Waals surface area (Å²) in [6, 6.07) is 0. The number of carbonyl (C=O) groups is 1.